The highest BCUT2D eigenvalue weighted by Crippen LogP contribution is 2.33. The van der Waals surface area contributed by atoms with Gasteiger partial charge in [-0.1, -0.05) is 24.4 Å². The van der Waals surface area contributed by atoms with Crippen LogP contribution < -0.4 is 5.32 Å². The number of carbonyl (C=O) groups excluding carboxylic acids is 1. The van der Waals surface area contributed by atoms with Crippen LogP contribution in [0.2, 0.25) is 5.15 Å². The number of nitrogens with zero attached hydrogens (tertiary/aromatic N) is 2. The van der Waals surface area contributed by atoms with Crippen molar-refractivity contribution in [1.29, 1.82) is 0 Å². The summed E-state index contributed by atoms with van der Waals surface area (Å²) in [6.45, 7) is 1.91. The molecule has 1 N–H and O–H groups in total. The largest absolute Gasteiger partial charge is 0.349 e. The van der Waals surface area contributed by atoms with Crippen molar-refractivity contribution in [2.24, 2.45) is 5.92 Å². The lowest BCUT2D eigenvalue weighted by Crippen LogP contribution is -2.33. The summed E-state index contributed by atoms with van der Waals surface area (Å²) in [4.78, 5) is 25.7. The van der Waals surface area contributed by atoms with Crippen LogP contribution in [0, 0.1) is 16.0 Å². The number of halogens is 1. The molecule has 0 aromatic carbocycles. The maximum absolute atomic E-state index is 12.0. The summed E-state index contributed by atoms with van der Waals surface area (Å²) in [6.07, 6.45) is 4.37. The quantitative estimate of drug-likeness (QED) is 0.511. The molecule has 0 radical (unpaired) electrons. The first kappa shape index (κ1) is 13.7. The van der Waals surface area contributed by atoms with Crippen LogP contribution in [0.3, 0.4) is 0 Å². The van der Waals surface area contributed by atoms with E-state index in [0.717, 1.165) is 18.7 Å². The van der Waals surface area contributed by atoms with E-state index in [9.17, 15) is 14.9 Å². The number of aromatic nitrogens is 1. The molecule has 19 heavy (non-hydrogen) atoms. The zero-order chi connectivity index (χ0) is 14.0. The smallest absolute Gasteiger partial charge is 0.288 e. The van der Waals surface area contributed by atoms with Gasteiger partial charge in [-0.2, -0.15) is 0 Å². The first-order valence-electron chi connectivity index (χ1n) is 6.08. The van der Waals surface area contributed by atoms with E-state index >= 15 is 0 Å². The monoisotopic (exact) mass is 283 g/mol. The molecule has 1 aromatic heterocycles. The number of hydrogen-bond donors (Lipinski definition) is 1. The van der Waals surface area contributed by atoms with Crippen molar-refractivity contribution in [1.82, 2.24) is 10.3 Å². The fourth-order valence-electron chi connectivity index (χ4n) is 1.91. The molecule has 1 saturated carbocycles. The standard InChI is InChI=1S/C12H14ClN3O3/c1-7(4-8-2-3-8)15-12(17)10-5-9(16(18)19)6-14-11(10)13/h5-8H,2-4H2,1H3,(H,15,17). The molecule has 6 nitrogen and oxygen atoms in total. The summed E-state index contributed by atoms with van der Waals surface area (Å²) >= 11 is 5.80. The molecular weight excluding hydrogens is 270 g/mol. The van der Waals surface area contributed by atoms with Gasteiger partial charge in [0.15, 0.2) is 0 Å². The van der Waals surface area contributed by atoms with Crippen LogP contribution in [0.25, 0.3) is 0 Å². The molecule has 0 saturated heterocycles. The Bertz CT molecular complexity index is 517. The number of nitro groups is 1. The molecule has 0 aliphatic heterocycles. The molecule has 7 heteroatoms. The number of rotatable bonds is 5. The SMILES string of the molecule is CC(CC1CC1)NC(=O)c1cc([N+](=O)[O-])cnc1Cl. The van der Waals surface area contributed by atoms with E-state index < -0.39 is 10.8 Å². The van der Waals surface area contributed by atoms with Crippen molar-refractivity contribution >= 4 is 23.2 Å². The first-order chi connectivity index (χ1) is 8.97. The molecule has 1 aromatic rings. The van der Waals surface area contributed by atoms with Gasteiger partial charge in [0.25, 0.3) is 11.6 Å². The highest BCUT2D eigenvalue weighted by Gasteiger charge is 2.25. The Morgan fingerprint density at radius 2 is 2.37 bits per heavy atom. The topological polar surface area (TPSA) is 85.1 Å². The second kappa shape index (κ2) is 5.52. The van der Waals surface area contributed by atoms with Gasteiger partial charge in [0.1, 0.15) is 11.3 Å². The molecule has 102 valence electrons. The van der Waals surface area contributed by atoms with Gasteiger partial charge in [-0.05, 0) is 19.3 Å². The molecule has 0 spiro atoms. The molecule has 1 heterocycles. The van der Waals surface area contributed by atoms with Gasteiger partial charge in [0.2, 0.25) is 0 Å². The summed E-state index contributed by atoms with van der Waals surface area (Å²) < 4.78 is 0. The predicted molar refractivity (Wildman–Crippen MR) is 70.2 cm³/mol. The number of pyridine rings is 1. The maximum Gasteiger partial charge on any atom is 0.288 e. The summed E-state index contributed by atoms with van der Waals surface area (Å²) in [7, 11) is 0. The van der Waals surface area contributed by atoms with Gasteiger partial charge < -0.3 is 5.32 Å². The molecule has 1 aliphatic rings. The minimum atomic E-state index is -0.603. The Hall–Kier alpha value is -1.69. The molecule has 1 unspecified atom stereocenters. The van der Waals surface area contributed by atoms with Crippen LogP contribution in [-0.2, 0) is 0 Å². The third-order valence-corrected chi connectivity index (χ3v) is 3.34. The van der Waals surface area contributed by atoms with E-state index in [1.165, 1.54) is 12.8 Å². The Balaban J connectivity index is 2.08. The minimum absolute atomic E-state index is 0.0235. The molecular formula is C12H14ClN3O3. The first-order valence-corrected chi connectivity index (χ1v) is 6.46. The fraction of sp³-hybridized carbons (Fsp3) is 0.500. The number of amides is 1. The lowest BCUT2D eigenvalue weighted by Gasteiger charge is -2.13. The van der Waals surface area contributed by atoms with E-state index in [1.54, 1.807) is 0 Å². The third kappa shape index (κ3) is 3.64. The summed E-state index contributed by atoms with van der Waals surface area (Å²) in [5.74, 6) is 0.267. The van der Waals surface area contributed by atoms with E-state index in [1.807, 2.05) is 6.92 Å². The number of carbonyl (C=O) groups is 1. The van der Waals surface area contributed by atoms with Gasteiger partial charge in [0, 0.05) is 12.1 Å². The molecule has 1 amide bonds. The van der Waals surface area contributed by atoms with Crippen LogP contribution in [0.15, 0.2) is 12.3 Å². The van der Waals surface area contributed by atoms with Gasteiger partial charge in [0.05, 0.1) is 10.5 Å². The summed E-state index contributed by atoms with van der Waals surface area (Å²) in [6, 6.07) is 1.17. The van der Waals surface area contributed by atoms with Gasteiger partial charge in [-0.3, -0.25) is 14.9 Å². The van der Waals surface area contributed by atoms with E-state index in [-0.39, 0.29) is 22.4 Å². The van der Waals surface area contributed by atoms with E-state index in [2.05, 4.69) is 10.3 Å². The predicted octanol–water partition coefficient (Wildman–Crippen LogP) is 2.56. The third-order valence-electron chi connectivity index (χ3n) is 3.04. The Morgan fingerprint density at radius 1 is 1.68 bits per heavy atom. The van der Waals surface area contributed by atoms with Crippen molar-refractivity contribution in [2.75, 3.05) is 0 Å². The fourth-order valence-corrected chi connectivity index (χ4v) is 2.10. The average molecular weight is 284 g/mol. The second-order valence-electron chi connectivity index (χ2n) is 4.84. The molecule has 1 aliphatic carbocycles. The summed E-state index contributed by atoms with van der Waals surface area (Å²) in [5.41, 5.74) is -0.206. The normalized spacial score (nSPS) is 15.9. The zero-order valence-electron chi connectivity index (χ0n) is 10.4. The van der Waals surface area contributed by atoms with Gasteiger partial charge >= 0.3 is 0 Å². The highest BCUT2D eigenvalue weighted by molar-refractivity contribution is 6.32. The van der Waals surface area contributed by atoms with E-state index in [4.69, 9.17) is 11.6 Å². The van der Waals surface area contributed by atoms with Crippen LogP contribution in [0.5, 0.6) is 0 Å². The van der Waals surface area contributed by atoms with Crippen LogP contribution >= 0.6 is 11.6 Å². The van der Waals surface area contributed by atoms with Crippen molar-refractivity contribution in [3.63, 3.8) is 0 Å². The number of hydrogen-bond acceptors (Lipinski definition) is 4. The van der Waals surface area contributed by atoms with Crippen molar-refractivity contribution in [2.45, 2.75) is 32.2 Å². The lowest BCUT2D eigenvalue weighted by atomic mass is 10.1. The zero-order valence-corrected chi connectivity index (χ0v) is 11.2. The Labute approximate surface area is 115 Å². The minimum Gasteiger partial charge on any atom is -0.349 e. The Morgan fingerprint density at radius 3 is 2.95 bits per heavy atom. The van der Waals surface area contributed by atoms with Crippen LogP contribution in [0.4, 0.5) is 5.69 Å². The van der Waals surface area contributed by atoms with Crippen LogP contribution in [0.1, 0.15) is 36.5 Å². The summed E-state index contributed by atoms with van der Waals surface area (Å²) in [5, 5.41) is 13.4. The van der Waals surface area contributed by atoms with E-state index in [0.29, 0.717) is 5.92 Å². The van der Waals surface area contributed by atoms with Crippen LogP contribution in [-0.4, -0.2) is 21.9 Å². The average Bonchev–Trinajstić information content (AvgIpc) is 3.12. The van der Waals surface area contributed by atoms with Crippen molar-refractivity contribution in [3.8, 4) is 0 Å². The molecule has 1 atom stereocenters. The number of nitrogens with one attached hydrogen (secondary N) is 1. The highest BCUT2D eigenvalue weighted by atomic mass is 35.5. The Kier molecular flexibility index (Phi) is 3.99. The second-order valence-corrected chi connectivity index (χ2v) is 5.20. The molecule has 0 bridgehead atoms. The van der Waals surface area contributed by atoms with Crippen molar-refractivity contribution < 1.29 is 9.72 Å². The lowest BCUT2D eigenvalue weighted by molar-refractivity contribution is -0.385. The molecule has 1 fully saturated rings. The maximum atomic E-state index is 12.0. The van der Waals surface area contributed by atoms with Gasteiger partial charge in [-0.25, -0.2) is 4.98 Å². The van der Waals surface area contributed by atoms with Gasteiger partial charge in [-0.15, -0.1) is 0 Å². The molecule has 2 rings (SSSR count). The van der Waals surface area contributed by atoms with Crippen molar-refractivity contribution in [3.05, 3.63) is 33.1 Å².